The zero-order valence-corrected chi connectivity index (χ0v) is 13.9. The van der Waals surface area contributed by atoms with E-state index in [1.165, 1.54) is 0 Å². The second kappa shape index (κ2) is 7.38. The third-order valence-corrected chi connectivity index (χ3v) is 3.88. The lowest BCUT2D eigenvalue weighted by Crippen LogP contribution is -2.22. The maximum absolute atomic E-state index is 11.9. The Bertz CT molecular complexity index is 657. The van der Waals surface area contributed by atoms with Crippen LogP contribution in [0.3, 0.4) is 0 Å². The van der Waals surface area contributed by atoms with Crippen molar-refractivity contribution in [3.8, 4) is 0 Å². The van der Waals surface area contributed by atoms with Gasteiger partial charge in [-0.3, -0.25) is 4.79 Å². The Morgan fingerprint density at radius 2 is 1.77 bits per heavy atom. The summed E-state index contributed by atoms with van der Waals surface area (Å²) in [5.41, 5.74) is 2.47. The standard InChI is InChI=1S/C16H17Cl2N3O/c1-21(2)12-8-6-11(7-9-12)19-10-15(22)20-14-5-3-4-13(17)16(14)18/h3-9,19H,10H2,1-2H3,(H,20,22). The van der Waals surface area contributed by atoms with E-state index in [-0.39, 0.29) is 12.5 Å². The van der Waals surface area contributed by atoms with Crippen LogP contribution in [0.4, 0.5) is 17.1 Å². The van der Waals surface area contributed by atoms with E-state index in [1.54, 1.807) is 18.2 Å². The molecule has 0 radical (unpaired) electrons. The molecule has 2 aromatic rings. The van der Waals surface area contributed by atoms with E-state index in [9.17, 15) is 4.79 Å². The molecule has 0 aliphatic carbocycles. The van der Waals surface area contributed by atoms with Crippen molar-refractivity contribution in [2.24, 2.45) is 0 Å². The molecule has 2 rings (SSSR count). The second-order valence-electron chi connectivity index (χ2n) is 4.94. The summed E-state index contributed by atoms with van der Waals surface area (Å²) in [6, 6.07) is 12.9. The first-order chi connectivity index (χ1) is 10.5. The van der Waals surface area contributed by atoms with Crippen LogP contribution in [0.5, 0.6) is 0 Å². The summed E-state index contributed by atoms with van der Waals surface area (Å²) < 4.78 is 0. The maximum Gasteiger partial charge on any atom is 0.243 e. The van der Waals surface area contributed by atoms with E-state index < -0.39 is 0 Å². The van der Waals surface area contributed by atoms with E-state index in [0.717, 1.165) is 11.4 Å². The zero-order chi connectivity index (χ0) is 16.1. The molecular weight excluding hydrogens is 321 g/mol. The molecule has 0 bridgehead atoms. The van der Waals surface area contributed by atoms with Crippen LogP contribution in [0.25, 0.3) is 0 Å². The fourth-order valence-corrected chi connectivity index (χ4v) is 2.20. The lowest BCUT2D eigenvalue weighted by Gasteiger charge is -2.13. The van der Waals surface area contributed by atoms with Crippen LogP contribution < -0.4 is 15.5 Å². The summed E-state index contributed by atoms with van der Waals surface area (Å²) in [6.07, 6.45) is 0. The quantitative estimate of drug-likeness (QED) is 0.862. The maximum atomic E-state index is 11.9. The van der Waals surface area contributed by atoms with Crippen LogP contribution >= 0.6 is 23.2 Å². The molecule has 0 spiro atoms. The van der Waals surface area contributed by atoms with E-state index in [4.69, 9.17) is 23.2 Å². The van der Waals surface area contributed by atoms with Crippen molar-refractivity contribution < 1.29 is 4.79 Å². The van der Waals surface area contributed by atoms with Gasteiger partial charge in [0.2, 0.25) is 5.91 Å². The predicted molar refractivity (Wildman–Crippen MR) is 94.4 cm³/mol. The molecule has 22 heavy (non-hydrogen) atoms. The number of rotatable bonds is 5. The van der Waals surface area contributed by atoms with Gasteiger partial charge in [0, 0.05) is 25.5 Å². The first kappa shape index (κ1) is 16.5. The van der Waals surface area contributed by atoms with Crippen LogP contribution in [0.1, 0.15) is 0 Å². The second-order valence-corrected chi connectivity index (χ2v) is 5.73. The number of benzene rings is 2. The molecule has 0 fully saturated rings. The van der Waals surface area contributed by atoms with Gasteiger partial charge in [-0.2, -0.15) is 0 Å². The third kappa shape index (κ3) is 4.29. The molecule has 0 saturated heterocycles. The van der Waals surface area contributed by atoms with E-state index in [2.05, 4.69) is 10.6 Å². The summed E-state index contributed by atoms with van der Waals surface area (Å²) >= 11 is 11.9. The van der Waals surface area contributed by atoms with Gasteiger partial charge in [-0.1, -0.05) is 29.3 Å². The fourth-order valence-electron chi connectivity index (χ4n) is 1.85. The van der Waals surface area contributed by atoms with Gasteiger partial charge in [0.25, 0.3) is 0 Å². The molecule has 116 valence electrons. The molecule has 0 saturated carbocycles. The van der Waals surface area contributed by atoms with E-state index in [0.29, 0.717) is 15.7 Å². The molecule has 2 N–H and O–H groups in total. The lowest BCUT2D eigenvalue weighted by molar-refractivity contribution is -0.114. The summed E-state index contributed by atoms with van der Waals surface area (Å²) in [7, 11) is 3.95. The zero-order valence-electron chi connectivity index (χ0n) is 12.4. The highest BCUT2D eigenvalue weighted by molar-refractivity contribution is 6.44. The first-order valence-electron chi connectivity index (χ1n) is 6.72. The molecule has 6 heteroatoms. The highest BCUT2D eigenvalue weighted by Crippen LogP contribution is 2.29. The average Bonchev–Trinajstić information content (AvgIpc) is 2.50. The van der Waals surface area contributed by atoms with Crippen molar-refractivity contribution in [1.82, 2.24) is 0 Å². The van der Waals surface area contributed by atoms with Crippen molar-refractivity contribution >= 4 is 46.2 Å². The third-order valence-electron chi connectivity index (χ3n) is 3.06. The smallest absolute Gasteiger partial charge is 0.243 e. The summed E-state index contributed by atoms with van der Waals surface area (Å²) in [5, 5.41) is 6.53. The van der Waals surface area contributed by atoms with Crippen molar-refractivity contribution in [1.29, 1.82) is 0 Å². The Morgan fingerprint density at radius 3 is 2.41 bits per heavy atom. The molecule has 1 amide bonds. The van der Waals surface area contributed by atoms with Crippen molar-refractivity contribution in [3.05, 3.63) is 52.5 Å². The summed E-state index contributed by atoms with van der Waals surface area (Å²) in [5.74, 6) is -0.194. The minimum atomic E-state index is -0.194. The van der Waals surface area contributed by atoms with Gasteiger partial charge in [-0.25, -0.2) is 0 Å². The van der Waals surface area contributed by atoms with Crippen LogP contribution in [0.15, 0.2) is 42.5 Å². The Hall–Kier alpha value is -1.91. The highest BCUT2D eigenvalue weighted by atomic mass is 35.5. The van der Waals surface area contributed by atoms with E-state index in [1.807, 2.05) is 43.3 Å². The van der Waals surface area contributed by atoms with Crippen LogP contribution in [-0.4, -0.2) is 26.5 Å². The number of amides is 1. The van der Waals surface area contributed by atoms with E-state index >= 15 is 0 Å². The van der Waals surface area contributed by atoms with Crippen LogP contribution in [0, 0.1) is 0 Å². The molecule has 0 aliphatic heterocycles. The van der Waals surface area contributed by atoms with Crippen molar-refractivity contribution in [3.63, 3.8) is 0 Å². The number of carbonyl (C=O) groups excluding carboxylic acids is 1. The predicted octanol–water partition coefficient (Wildman–Crippen LogP) is 4.11. The Labute approximate surface area is 140 Å². The Kier molecular flexibility index (Phi) is 5.52. The molecule has 0 atom stereocenters. The van der Waals surface area contributed by atoms with Crippen molar-refractivity contribution in [2.75, 3.05) is 36.2 Å². The van der Waals surface area contributed by atoms with Gasteiger partial charge >= 0.3 is 0 Å². The van der Waals surface area contributed by atoms with Crippen LogP contribution in [0.2, 0.25) is 10.0 Å². The molecule has 4 nitrogen and oxygen atoms in total. The number of hydrogen-bond donors (Lipinski definition) is 2. The van der Waals surface area contributed by atoms with Gasteiger partial charge in [-0.15, -0.1) is 0 Å². The number of anilines is 3. The minimum absolute atomic E-state index is 0.143. The van der Waals surface area contributed by atoms with Crippen molar-refractivity contribution in [2.45, 2.75) is 0 Å². The van der Waals surface area contributed by atoms with Gasteiger partial charge in [0.05, 0.1) is 22.3 Å². The monoisotopic (exact) mass is 337 g/mol. The van der Waals surface area contributed by atoms with Gasteiger partial charge in [0.1, 0.15) is 0 Å². The normalized spacial score (nSPS) is 10.2. The summed E-state index contributed by atoms with van der Waals surface area (Å²) in [6.45, 7) is 0.143. The van der Waals surface area contributed by atoms with Gasteiger partial charge in [-0.05, 0) is 36.4 Å². The molecule has 0 aliphatic rings. The number of hydrogen-bond acceptors (Lipinski definition) is 3. The SMILES string of the molecule is CN(C)c1ccc(NCC(=O)Nc2cccc(Cl)c2Cl)cc1. The fraction of sp³-hybridized carbons (Fsp3) is 0.188. The molecular formula is C16H17Cl2N3O. The topological polar surface area (TPSA) is 44.4 Å². The van der Waals surface area contributed by atoms with Gasteiger partial charge in [0.15, 0.2) is 0 Å². The number of carbonyl (C=O) groups is 1. The van der Waals surface area contributed by atoms with Crippen LogP contribution in [-0.2, 0) is 4.79 Å². The number of halogens is 2. The number of nitrogens with one attached hydrogen (secondary N) is 2. The Balaban J connectivity index is 1.91. The Morgan fingerprint density at radius 1 is 1.09 bits per heavy atom. The molecule has 2 aromatic carbocycles. The molecule has 0 unspecified atom stereocenters. The van der Waals surface area contributed by atoms with Gasteiger partial charge < -0.3 is 15.5 Å². The average molecular weight is 338 g/mol. The largest absolute Gasteiger partial charge is 0.378 e. The molecule has 0 aromatic heterocycles. The minimum Gasteiger partial charge on any atom is -0.378 e. The highest BCUT2D eigenvalue weighted by Gasteiger charge is 2.08. The first-order valence-corrected chi connectivity index (χ1v) is 7.48. The summed E-state index contributed by atoms with van der Waals surface area (Å²) in [4.78, 5) is 14.0. The number of nitrogens with zero attached hydrogens (tertiary/aromatic N) is 1. The molecule has 0 heterocycles. The lowest BCUT2D eigenvalue weighted by atomic mass is 10.2.